The van der Waals surface area contributed by atoms with Crippen LogP contribution in [0.15, 0.2) is 24.8 Å². The highest BCUT2D eigenvalue weighted by Crippen LogP contribution is 2.19. The van der Waals surface area contributed by atoms with Crippen molar-refractivity contribution < 1.29 is 0 Å². The lowest BCUT2D eigenvalue weighted by Crippen LogP contribution is -2.00. The van der Waals surface area contributed by atoms with Gasteiger partial charge >= 0.3 is 0 Å². The van der Waals surface area contributed by atoms with Crippen molar-refractivity contribution in [3.8, 4) is 0 Å². The smallest absolute Gasteiger partial charge is 0.117 e. The van der Waals surface area contributed by atoms with Crippen LogP contribution in [0.4, 0.5) is 0 Å². The Kier molecular flexibility index (Phi) is 2.48. The maximum absolute atomic E-state index is 4.44. The molecule has 0 N–H and O–H groups in total. The van der Waals surface area contributed by atoms with Crippen LogP contribution in [0.3, 0.4) is 0 Å². The normalized spacial score (nSPS) is 13.3. The van der Waals surface area contributed by atoms with E-state index in [1.807, 2.05) is 18.6 Å². The molecule has 0 fully saturated rings. The number of imidazole rings is 1. The summed E-state index contributed by atoms with van der Waals surface area (Å²) in [5.41, 5.74) is 1.12. The van der Waals surface area contributed by atoms with E-state index in [1.54, 1.807) is 6.20 Å². The minimum Gasteiger partial charge on any atom is -0.287 e. The van der Waals surface area contributed by atoms with Crippen LogP contribution in [0.25, 0.3) is 5.52 Å². The lowest BCUT2D eigenvalue weighted by Gasteiger charge is -2.08. The number of nitrogens with zero attached hydrogens (tertiary/aromatic N) is 3. The average Bonchev–Trinajstić information content (AvgIpc) is 2.61. The molecular formula is C11H15N3. The predicted molar refractivity (Wildman–Crippen MR) is 56.3 cm³/mol. The van der Waals surface area contributed by atoms with E-state index in [1.165, 1.54) is 12.8 Å². The zero-order valence-corrected chi connectivity index (χ0v) is 8.64. The number of hydrogen-bond donors (Lipinski definition) is 0. The van der Waals surface area contributed by atoms with Gasteiger partial charge in [-0.25, -0.2) is 9.97 Å². The molecule has 2 rings (SSSR count). The van der Waals surface area contributed by atoms with Gasteiger partial charge in [0, 0.05) is 12.1 Å². The van der Waals surface area contributed by atoms with Gasteiger partial charge in [0.05, 0.1) is 11.7 Å². The van der Waals surface area contributed by atoms with Crippen LogP contribution < -0.4 is 0 Å². The molecule has 0 saturated heterocycles. The van der Waals surface area contributed by atoms with E-state index in [0.717, 1.165) is 11.3 Å². The molecule has 0 aromatic carbocycles. The zero-order chi connectivity index (χ0) is 9.97. The van der Waals surface area contributed by atoms with Crippen LogP contribution in [0.5, 0.6) is 0 Å². The van der Waals surface area contributed by atoms with Gasteiger partial charge in [-0.2, -0.15) is 0 Å². The summed E-state index contributed by atoms with van der Waals surface area (Å²) in [6, 6.07) is 1.98. The van der Waals surface area contributed by atoms with Gasteiger partial charge in [0.2, 0.25) is 0 Å². The first-order valence-corrected chi connectivity index (χ1v) is 5.10. The van der Waals surface area contributed by atoms with Gasteiger partial charge in [-0.3, -0.25) is 4.40 Å². The van der Waals surface area contributed by atoms with Crippen LogP contribution in [-0.2, 0) is 0 Å². The third-order valence-corrected chi connectivity index (χ3v) is 2.53. The largest absolute Gasteiger partial charge is 0.287 e. The molecular weight excluding hydrogens is 174 g/mol. The number of hydrogen-bond acceptors (Lipinski definition) is 2. The van der Waals surface area contributed by atoms with Crippen molar-refractivity contribution in [2.24, 2.45) is 0 Å². The number of aromatic nitrogens is 3. The van der Waals surface area contributed by atoms with Crippen molar-refractivity contribution in [1.82, 2.24) is 14.4 Å². The Morgan fingerprint density at radius 2 is 2.36 bits per heavy atom. The van der Waals surface area contributed by atoms with Crippen LogP contribution in [-0.4, -0.2) is 14.4 Å². The molecule has 2 aromatic heterocycles. The maximum Gasteiger partial charge on any atom is 0.117 e. The minimum atomic E-state index is 0.506. The molecule has 0 aliphatic carbocycles. The predicted octanol–water partition coefficient (Wildman–Crippen LogP) is 2.63. The summed E-state index contributed by atoms with van der Waals surface area (Å²) in [7, 11) is 0. The Labute approximate surface area is 83.8 Å². The molecule has 0 spiro atoms. The van der Waals surface area contributed by atoms with E-state index in [0.29, 0.717) is 5.92 Å². The molecule has 0 bridgehead atoms. The molecule has 1 atom stereocenters. The van der Waals surface area contributed by atoms with E-state index < -0.39 is 0 Å². The minimum absolute atomic E-state index is 0.506. The van der Waals surface area contributed by atoms with Gasteiger partial charge in [-0.05, 0) is 12.5 Å². The van der Waals surface area contributed by atoms with Crippen molar-refractivity contribution >= 4 is 5.52 Å². The summed E-state index contributed by atoms with van der Waals surface area (Å²) >= 11 is 0. The second-order valence-corrected chi connectivity index (χ2v) is 3.68. The van der Waals surface area contributed by atoms with Crippen LogP contribution >= 0.6 is 0 Å². The van der Waals surface area contributed by atoms with Crippen LogP contribution in [0.1, 0.15) is 38.4 Å². The van der Waals surface area contributed by atoms with Gasteiger partial charge in [0.25, 0.3) is 0 Å². The van der Waals surface area contributed by atoms with Crippen molar-refractivity contribution in [2.45, 2.75) is 32.6 Å². The van der Waals surface area contributed by atoms with E-state index in [2.05, 4.69) is 28.2 Å². The zero-order valence-electron chi connectivity index (χ0n) is 8.64. The fourth-order valence-corrected chi connectivity index (χ4v) is 1.79. The van der Waals surface area contributed by atoms with Crippen LogP contribution in [0, 0.1) is 0 Å². The van der Waals surface area contributed by atoms with Gasteiger partial charge in [-0.1, -0.05) is 20.3 Å². The van der Waals surface area contributed by atoms with Crippen molar-refractivity contribution in [1.29, 1.82) is 0 Å². The van der Waals surface area contributed by atoms with Gasteiger partial charge in [0.15, 0.2) is 0 Å². The van der Waals surface area contributed by atoms with Gasteiger partial charge < -0.3 is 0 Å². The molecule has 2 heterocycles. The van der Waals surface area contributed by atoms with E-state index in [-0.39, 0.29) is 0 Å². The first kappa shape index (κ1) is 9.19. The summed E-state index contributed by atoms with van der Waals surface area (Å²) in [6.07, 6.45) is 7.91. The molecule has 14 heavy (non-hydrogen) atoms. The molecule has 1 unspecified atom stereocenters. The number of fused-ring (bicyclic) bond motifs is 1. The molecule has 3 nitrogen and oxygen atoms in total. The fraction of sp³-hybridized carbons (Fsp3) is 0.455. The third-order valence-electron chi connectivity index (χ3n) is 2.53. The Morgan fingerprint density at radius 3 is 3.14 bits per heavy atom. The Hall–Kier alpha value is -1.38. The Morgan fingerprint density at radius 1 is 1.50 bits per heavy atom. The molecule has 0 radical (unpaired) electrons. The Balaban J connectivity index is 2.42. The highest BCUT2D eigenvalue weighted by atomic mass is 15.0. The van der Waals surface area contributed by atoms with Gasteiger partial charge in [-0.15, -0.1) is 0 Å². The molecule has 0 aliphatic heterocycles. The molecule has 3 heteroatoms. The molecule has 0 aliphatic rings. The highest BCUT2D eigenvalue weighted by molar-refractivity contribution is 5.44. The molecule has 2 aromatic rings. The summed E-state index contributed by atoms with van der Waals surface area (Å²) in [4.78, 5) is 8.55. The third kappa shape index (κ3) is 1.50. The van der Waals surface area contributed by atoms with E-state index >= 15 is 0 Å². The lowest BCUT2D eigenvalue weighted by molar-refractivity contribution is 0.623. The first-order chi connectivity index (χ1) is 6.83. The second-order valence-electron chi connectivity index (χ2n) is 3.68. The van der Waals surface area contributed by atoms with Crippen molar-refractivity contribution in [3.63, 3.8) is 0 Å². The summed E-state index contributed by atoms with van der Waals surface area (Å²) in [5.74, 6) is 1.63. The van der Waals surface area contributed by atoms with Gasteiger partial charge in [0.1, 0.15) is 12.2 Å². The molecule has 0 saturated carbocycles. The standard InChI is InChI=1S/C11H15N3/c1-3-4-9(2)11-13-7-10-5-6-12-8-14(10)11/h5-9H,3-4H2,1-2H3. The highest BCUT2D eigenvalue weighted by Gasteiger charge is 2.10. The first-order valence-electron chi connectivity index (χ1n) is 5.10. The van der Waals surface area contributed by atoms with Crippen LogP contribution in [0.2, 0.25) is 0 Å². The summed E-state index contributed by atoms with van der Waals surface area (Å²) in [6.45, 7) is 4.41. The lowest BCUT2D eigenvalue weighted by atomic mass is 10.1. The quantitative estimate of drug-likeness (QED) is 0.743. The SMILES string of the molecule is CCCC(C)c1ncc2ccncn12. The van der Waals surface area contributed by atoms with Crippen molar-refractivity contribution in [2.75, 3.05) is 0 Å². The van der Waals surface area contributed by atoms with Crippen molar-refractivity contribution in [3.05, 3.63) is 30.6 Å². The Bertz CT molecular complexity index is 419. The average molecular weight is 189 g/mol. The summed E-state index contributed by atoms with van der Waals surface area (Å²) in [5, 5.41) is 0. The second kappa shape index (κ2) is 3.78. The molecule has 74 valence electrons. The monoisotopic (exact) mass is 189 g/mol. The number of rotatable bonds is 3. The summed E-state index contributed by atoms with van der Waals surface area (Å²) < 4.78 is 2.07. The molecule has 0 amide bonds. The van der Waals surface area contributed by atoms with E-state index in [4.69, 9.17) is 0 Å². The fourth-order valence-electron chi connectivity index (χ4n) is 1.79. The van der Waals surface area contributed by atoms with E-state index in [9.17, 15) is 0 Å². The maximum atomic E-state index is 4.44. The topological polar surface area (TPSA) is 30.2 Å².